The zero-order valence-electron chi connectivity index (χ0n) is 39.9. The lowest BCUT2D eigenvalue weighted by Crippen LogP contribution is -2.56. The van der Waals surface area contributed by atoms with E-state index in [4.69, 9.17) is 14.2 Å². The zero-order valence-corrected chi connectivity index (χ0v) is 39.9. The Bertz CT molecular complexity index is 2940. The number of nitro groups is 1. The number of carbonyl (C=O) groups is 4. The molecular formula is C58H56N4O10. The first kappa shape index (κ1) is 48.0. The number of nitro benzene ring substituents is 1. The van der Waals surface area contributed by atoms with Crippen LogP contribution >= 0.6 is 0 Å². The van der Waals surface area contributed by atoms with Gasteiger partial charge in [0.1, 0.15) is 36.5 Å². The van der Waals surface area contributed by atoms with Crippen LogP contribution in [-0.2, 0) is 35.9 Å². The van der Waals surface area contributed by atoms with Crippen LogP contribution in [0.25, 0.3) is 0 Å². The lowest BCUT2D eigenvalue weighted by molar-refractivity contribution is -0.384. The van der Waals surface area contributed by atoms with Crippen LogP contribution in [0.4, 0.5) is 16.2 Å². The molecule has 0 aromatic heterocycles. The molecule has 14 heteroatoms. The lowest BCUT2D eigenvalue weighted by atomic mass is 9.64. The predicted octanol–water partition coefficient (Wildman–Crippen LogP) is 9.61. The minimum absolute atomic E-state index is 0.103. The Morgan fingerprint density at radius 2 is 1.49 bits per heavy atom. The maximum Gasteiger partial charge on any atom is 0.421 e. The van der Waals surface area contributed by atoms with Gasteiger partial charge >= 0.3 is 12.1 Å². The molecule has 0 unspecified atom stereocenters. The summed E-state index contributed by atoms with van der Waals surface area (Å²) in [4.78, 5) is 79.5. The van der Waals surface area contributed by atoms with Crippen molar-refractivity contribution in [1.29, 1.82) is 0 Å². The highest BCUT2D eigenvalue weighted by atomic mass is 16.6. The fraction of sp³-hybridized carbons (Fsp3) is 0.345. The molecule has 368 valence electrons. The number of anilines is 1. The van der Waals surface area contributed by atoms with Crippen molar-refractivity contribution in [2.75, 3.05) is 31.2 Å². The van der Waals surface area contributed by atoms with Gasteiger partial charge in [-0.25, -0.2) is 9.69 Å². The summed E-state index contributed by atoms with van der Waals surface area (Å²) < 4.78 is 19.0. The second-order valence-electron chi connectivity index (χ2n) is 19.0. The van der Waals surface area contributed by atoms with E-state index in [-0.39, 0.29) is 31.2 Å². The lowest BCUT2D eigenvalue weighted by Gasteiger charge is -2.46. The minimum atomic E-state index is -2.07. The van der Waals surface area contributed by atoms with E-state index in [2.05, 4.69) is 17.9 Å². The fourth-order valence-corrected chi connectivity index (χ4v) is 11.6. The van der Waals surface area contributed by atoms with Gasteiger partial charge in [-0.05, 0) is 103 Å². The summed E-state index contributed by atoms with van der Waals surface area (Å²) in [5, 5.41) is 21.6. The highest BCUT2D eigenvalue weighted by Gasteiger charge is 2.76. The van der Waals surface area contributed by atoms with Crippen LogP contribution in [0.3, 0.4) is 0 Å². The molecule has 10 rings (SSSR count). The number of fused-ring (bicyclic) bond motifs is 3. The number of aliphatic hydroxyl groups excluding tert-OH is 1. The number of non-ortho nitro benzene ring substituents is 1. The number of para-hydroxylation sites is 1. The number of morpholine rings is 1. The highest BCUT2D eigenvalue weighted by Crippen LogP contribution is 2.67. The van der Waals surface area contributed by atoms with Gasteiger partial charge < -0.3 is 24.2 Å². The molecule has 1 N–H and O–H groups in total. The summed E-state index contributed by atoms with van der Waals surface area (Å²) in [6.45, 7) is 0.0242. The number of imide groups is 1. The maximum atomic E-state index is 16.8. The van der Waals surface area contributed by atoms with Crippen molar-refractivity contribution < 1.29 is 43.4 Å². The van der Waals surface area contributed by atoms with Gasteiger partial charge in [-0.3, -0.25) is 29.4 Å². The standard InChI is InChI=1S/C58H56N4O10/c63-35-36-70-48-24-14-13-23-45(48)53-58(46-37-40(26-25-39-17-7-4-8-18-39)29-32-47(46)60(56(58)66)57(67)71-38-41-27-30-44(31-28-41)62(68)69)49(54(64)59-33-15-2-1-3-16-34-59)51-55(65)72-52(43-21-11-6-12-22-43)50(61(51)53)42-19-9-5-10-20-42/h5-6,9-14,17,19-24,27-32,37,49-53,63H,1-4,7-8,15-16,18,33-36,38H2/t49-,50-,51-,52+,53+,58-/m0/s1. The number of hydrogen-bond acceptors (Lipinski definition) is 11. The van der Waals surface area contributed by atoms with E-state index in [0.29, 0.717) is 46.7 Å². The number of likely N-dealkylation sites (tertiary alicyclic amines) is 1. The SMILES string of the molecule is O=C1O[C@H](c2ccccc2)[C@H](c2ccccc2)N2[C@H]1[C@@H](C(=O)N1CCCCCCC1)[C@]1(C(=O)N(C(=O)OCc3ccc([N+](=O)[O-])cc3)c3ccc(C#CC4=CCCCC4)cc31)[C@H]2c1ccccc1OCCO. The average molecular weight is 969 g/mol. The number of esters is 1. The van der Waals surface area contributed by atoms with Crippen molar-refractivity contribution >= 4 is 35.3 Å². The largest absolute Gasteiger partial charge is 0.491 e. The smallest absolute Gasteiger partial charge is 0.421 e. The monoisotopic (exact) mass is 968 g/mol. The van der Waals surface area contributed by atoms with E-state index in [0.717, 1.165) is 73.8 Å². The predicted molar refractivity (Wildman–Crippen MR) is 267 cm³/mol. The molecule has 1 aliphatic carbocycles. The first-order chi connectivity index (χ1) is 35.2. The normalized spacial score (nSPS) is 23.9. The van der Waals surface area contributed by atoms with Gasteiger partial charge in [0, 0.05) is 36.3 Å². The Labute approximate surface area is 418 Å². The zero-order chi connectivity index (χ0) is 49.8. The van der Waals surface area contributed by atoms with Gasteiger partial charge in [-0.15, -0.1) is 0 Å². The third-order valence-corrected chi connectivity index (χ3v) is 14.8. The number of benzene rings is 5. The number of hydrogen-bond donors (Lipinski definition) is 1. The van der Waals surface area contributed by atoms with Gasteiger partial charge in [-0.1, -0.05) is 116 Å². The van der Waals surface area contributed by atoms with Gasteiger partial charge in [0.15, 0.2) is 0 Å². The van der Waals surface area contributed by atoms with Crippen molar-refractivity contribution in [2.24, 2.45) is 5.92 Å². The molecule has 4 heterocycles. The van der Waals surface area contributed by atoms with E-state index in [1.807, 2.05) is 77.7 Å². The Morgan fingerprint density at radius 1 is 0.792 bits per heavy atom. The topological polar surface area (TPSA) is 169 Å². The molecule has 5 aliphatic rings. The summed E-state index contributed by atoms with van der Waals surface area (Å²) in [7, 11) is 0. The van der Waals surface area contributed by atoms with Crippen molar-refractivity contribution in [3.05, 3.63) is 183 Å². The van der Waals surface area contributed by atoms with Crippen LogP contribution in [0.1, 0.15) is 109 Å². The second kappa shape index (κ2) is 21.0. The average Bonchev–Trinajstić information content (AvgIpc) is 3.85. The van der Waals surface area contributed by atoms with Crippen LogP contribution < -0.4 is 9.64 Å². The maximum absolute atomic E-state index is 16.8. The van der Waals surface area contributed by atoms with Crippen molar-refractivity contribution in [3.8, 4) is 17.6 Å². The van der Waals surface area contributed by atoms with Crippen molar-refractivity contribution in [3.63, 3.8) is 0 Å². The van der Waals surface area contributed by atoms with Crippen molar-refractivity contribution in [2.45, 2.75) is 94.0 Å². The quantitative estimate of drug-likeness (QED) is 0.0612. The number of carbonyl (C=O) groups excluding carboxylic acids is 4. The van der Waals surface area contributed by atoms with Gasteiger partial charge in [-0.2, -0.15) is 0 Å². The van der Waals surface area contributed by atoms with Crippen LogP contribution in [0.15, 0.2) is 139 Å². The summed E-state index contributed by atoms with van der Waals surface area (Å²) in [6, 6.07) is 33.5. The summed E-state index contributed by atoms with van der Waals surface area (Å²) >= 11 is 0. The number of ether oxygens (including phenoxy) is 3. The minimum Gasteiger partial charge on any atom is -0.491 e. The molecule has 3 amide bonds. The molecule has 4 aliphatic heterocycles. The molecule has 72 heavy (non-hydrogen) atoms. The van der Waals surface area contributed by atoms with Crippen LogP contribution in [0, 0.1) is 27.9 Å². The van der Waals surface area contributed by atoms with Crippen molar-refractivity contribution in [1.82, 2.24) is 9.80 Å². The number of allylic oxidation sites excluding steroid dienone is 2. The third-order valence-electron chi connectivity index (χ3n) is 14.8. The molecule has 0 radical (unpaired) electrons. The van der Waals surface area contributed by atoms with Crippen LogP contribution in [-0.4, -0.2) is 76.1 Å². The highest BCUT2D eigenvalue weighted by molar-refractivity contribution is 6.23. The van der Waals surface area contributed by atoms with Crippen LogP contribution in [0.2, 0.25) is 0 Å². The van der Waals surface area contributed by atoms with E-state index in [9.17, 15) is 15.2 Å². The molecule has 3 saturated heterocycles. The van der Waals surface area contributed by atoms with Gasteiger partial charge in [0.2, 0.25) is 11.8 Å². The molecule has 5 aromatic rings. The first-order valence-corrected chi connectivity index (χ1v) is 25.0. The second-order valence-corrected chi connectivity index (χ2v) is 19.0. The fourth-order valence-electron chi connectivity index (χ4n) is 11.6. The molecule has 1 spiro atoms. The number of rotatable bonds is 10. The van der Waals surface area contributed by atoms with Gasteiger partial charge in [0.05, 0.1) is 35.2 Å². The summed E-state index contributed by atoms with van der Waals surface area (Å²) in [6.07, 6.45) is 8.27. The molecular weight excluding hydrogens is 913 g/mol. The third kappa shape index (κ3) is 8.92. The van der Waals surface area contributed by atoms with E-state index in [1.54, 1.807) is 35.2 Å². The summed E-state index contributed by atoms with van der Waals surface area (Å²) in [5.74, 6) is 3.63. The molecule has 14 nitrogen and oxygen atoms in total. The molecule has 5 aromatic carbocycles. The molecule has 0 bridgehead atoms. The van der Waals surface area contributed by atoms with E-state index < -0.39 is 64.4 Å². The Balaban J connectivity index is 1.25. The molecule has 6 atom stereocenters. The first-order valence-electron chi connectivity index (χ1n) is 25.0. The van der Waals surface area contributed by atoms with Gasteiger partial charge in [0.25, 0.3) is 5.69 Å². The van der Waals surface area contributed by atoms with E-state index >= 15 is 19.2 Å². The summed E-state index contributed by atoms with van der Waals surface area (Å²) in [5.41, 5.74) is 2.12. The number of nitrogens with zero attached hydrogens (tertiary/aromatic N) is 4. The Morgan fingerprint density at radius 3 is 2.18 bits per heavy atom. The van der Waals surface area contributed by atoms with E-state index in [1.165, 1.54) is 24.3 Å². The number of aliphatic hydroxyl groups is 1. The Kier molecular flexibility index (Phi) is 14.0. The Hall–Kier alpha value is -7.60. The number of amides is 3. The molecule has 3 fully saturated rings. The molecule has 0 saturated carbocycles. The number of cyclic esters (lactones) is 1. The van der Waals surface area contributed by atoms with Crippen LogP contribution in [0.5, 0.6) is 5.75 Å².